The number of Topliss-reactive ketones (excluding diaryl/α,β-unsaturated/α-hetero) is 1. The minimum Gasteiger partial charge on any atom is -0.454 e. The van der Waals surface area contributed by atoms with Gasteiger partial charge in [-0.25, -0.2) is 4.79 Å². The van der Waals surface area contributed by atoms with Gasteiger partial charge in [0.15, 0.2) is 12.4 Å². The molecule has 5 heteroatoms. The van der Waals surface area contributed by atoms with Gasteiger partial charge in [-0.05, 0) is 47.9 Å². The van der Waals surface area contributed by atoms with Gasteiger partial charge in [0.2, 0.25) is 5.91 Å². The molecule has 25 heavy (non-hydrogen) atoms. The highest BCUT2D eigenvalue weighted by molar-refractivity contribution is 6.00. The number of nitrogens with one attached hydrogen (secondary N) is 1. The van der Waals surface area contributed by atoms with Gasteiger partial charge in [0.1, 0.15) is 0 Å². The number of anilines is 1. The van der Waals surface area contributed by atoms with E-state index >= 15 is 0 Å². The number of amides is 1. The van der Waals surface area contributed by atoms with Gasteiger partial charge in [-0.2, -0.15) is 0 Å². The lowest BCUT2D eigenvalue weighted by atomic mass is 10.0. The molecular formula is C20H21NO4. The fraction of sp³-hybridized carbons (Fsp3) is 0.250. The van der Waals surface area contributed by atoms with E-state index in [4.69, 9.17) is 4.74 Å². The van der Waals surface area contributed by atoms with Crippen molar-refractivity contribution in [1.82, 2.24) is 0 Å². The third kappa shape index (κ3) is 5.28. The molecule has 0 spiro atoms. The standard InChI is InChI=1S/C20H21NO4/c1-13(2)15-4-6-17(7-5-15)20(24)25-12-19(23)16-8-10-18(11-9-16)21-14(3)22/h4-11,13H,12H2,1-3H3,(H,21,22). The van der Waals surface area contributed by atoms with Gasteiger partial charge in [-0.3, -0.25) is 9.59 Å². The number of hydrogen-bond donors (Lipinski definition) is 1. The minimum atomic E-state index is -0.529. The molecule has 2 aromatic carbocycles. The summed E-state index contributed by atoms with van der Waals surface area (Å²) in [5, 5.41) is 2.62. The fourth-order valence-electron chi connectivity index (χ4n) is 2.24. The average Bonchev–Trinajstić information content (AvgIpc) is 2.59. The van der Waals surface area contributed by atoms with Gasteiger partial charge in [-0.1, -0.05) is 26.0 Å². The summed E-state index contributed by atoms with van der Waals surface area (Å²) < 4.78 is 5.08. The van der Waals surface area contributed by atoms with Crippen molar-refractivity contribution in [3.05, 3.63) is 65.2 Å². The van der Waals surface area contributed by atoms with E-state index in [0.29, 0.717) is 22.7 Å². The van der Waals surface area contributed by atoms with E-state index in [-0.39, 0.29) is 18.3 Å². The normalized spacial score (nSPS) is 10.4. The molecule has 0 bridgehead atoms. The van der Waals surface area contributed by atoms with Crippen LogP contribution in [0.1, 0.15) is 53.0 Å². The number of rotatable bonds is 6. The van der Waals surface area contributed by atoms with Crippen molar-refractivity contribution < 1.29 is 19.1 Å². The molecule has 5 nitrogen and oxygen atoms in total. The molecule has 0 fully saturated rings. The Balaban J connectivity index is 1.92. The van der Waals surface area contributed by atoms with Crippen LogP contribution in [0, 0.1) is 0 Å². The van der Waals surface area contributed by atoms with Crippen molar-refractivity contribution in [3.8, 4) is 0 Å². The van der Waals surface area contributed by atoms with Crippen LogP contribution in [0.2, 0.25) is 0 Å². The monoisotopic (exact) mass is 339 g/mol. The Kier molecular flexibility index (Phi) is 6.06. The van der Waals surface area contributed by atoms with E-state index in [0.717, 1.165) is 5.56 Å². The summed E-state index contributed by atoms with van der Waals surface area (Å²) in [5.74, 6) is -0.636. The first-order valence-corrected chi connectivity index (χ1v) is 8.04. The lowest BCUT2D eigenvalue weighted by Crippen LogP contribution is -2.14. The van der Waals surface area contributed by atoms with Gasteiger partial charge in [0, 0.05) is 18.2 Å². The molecule has 0 heterocycles. The summed E-state index contributed by atoms with van der Waals surface area (Å²) in [6.45, 7) is 5.23. The highest BCUT2D eigenvalue weighted by Crippen LogP contribution is 2.15. The van der Waals surface area contributed by atoms with Crippen LogP contribution in [0.25, 0.3) is 0 Å². The van der Waals surface area contributed by atoms with E-state index in [1.165, 1.54) is 6.92 Å². The van der Waals surface area contributed by atoms with Crippen molar-refractivity contribution >= 4 is 23.3 Å². The third-order valence-electron chi connectivity index (χ3n) is 3.67. The minimum absolute atomic E-state index is 0.184. The predicted molar refractivity (Wildman–Crippen MR) is 95.9 cm³/mol. The quantitative estimate of drug-likeness (QED) is 0.642. The Morgan fingerprint density at radius 1 is 0.920 bits per heavy atom. The highest BCUT2D eigenvalue weighted by atomic mass is 16.5. The average molecular weight is 339 g/mol. The number of ketones is 1. The Labute approximate surface area is 147 Å². The smallest absolute Gasteiger partial charge is 0.338 e. The van der Waals surface area contributed by atoms with Gasteiger partial charge >= 0.3 is 5.97 Å². The molecular weight excluding hydrogens is 318 g/mol. The highest BCUT2D eigenvalue weighted by Gasteiger charge is 2.12. The second-order valence-electron chi connectivity index (χ2n) is 6.03. The molecule has 1 amide bonds. The first kappa shape index (κ1) is 18.4. The zero-order valence-electron chi connectivity index (χ0n) is 14.5. The predicted octanol–water partition coefficient (Wildman–Crippen LogP) is 3.81. The summed E-state index contributed by atoms with van der Waals surface area (Å²) in [6, 6.07) is 13.6. The van der Waals surface area contributed by atoms with E-state index < -0.39 is 5.97 Å². The Hall–Kier alpha value is -2.95. The summed E-state index contributed by atoms with van der Waals surface area (Å²) in [5.41, 5.74) is 2.56. The lowest BCUT2D eigenvalue weighted by Gasteiger charge is -2.08. The van der Waals surface area contributed by atoms with Crippen LogP contribution in [0.3, 0.4) is 0 Å². The second-order valence-corrected chi connectivity index (χ2v) is 6.03. The largest absolute Gasteiger partial charge is 0.454 e. The van der Waals surface area contributed by atoms with Gasteiger partial charge in [-0.15, -0.1) is 0 Å². The van der Waals surface area contributed by atoms with Crippen LogP contribution in [0.5, 0.6) is 0 Å². The number of benzene rings is 2. The molecule has 0 unspecified atom stereocenters. The van der Waals surface area contributed by atoms with E-state index in [1.807, 2.05) is 12.1 Å². The SMILES string of the molecule is CC(=O)Nc1ccc(C(=O)COC(=O)c2ccc(C(C)C)cc2)cc1. The molecule has 0 atom stereocenters. The van der Waals surface area contributed by atoms with E-state index in [9.17, 15) is 14.4 Å². The summed E-state index contributed by atoms with van der Waals surface area (Å²) in [6.07, 6.45) is 0. The maximum atomic E-state index is 12.1. The molecule has 0 saturated carbocycles. The Morgan fingerprint density at radius 3 is 2.00 bits per heavy atom. The first-order chi connectivity index (χ1) is 11.9. The summed E-state index contributed by atoms with van der Waals surface area (Å²) >= 11 is 0. The van der Waals surface area contributed by atoms with Crippen LogP contribution in [0.4, 0.5) is 5.69 Å². The maximum Gasteiger partial charge on any atom is 0.338 e. The zero-order chi connectivity index (χ0) is 18.4. The summed E-state index contributed by atoms with van der Waals surface area (Å²) in [7, 11) is 0. The number of carbonyl (C=O) groups excluding carboxylic acids is 3. The third-order valence-corrected chi connectivity index (χ3v) is 3.67. The molecule has 0 aliphatic rings. The topological polar surface area (TPSA) is 72.5 Å². The van der Waals surface area contributed by atoms with Crippen molar-refractivity contribution in [2.24, 2.45) is 0 Å². The van der Waals surface area contributed by atoms with Crippen molar-refractivity contribution in [2.45, 2.75) is 26.7 Å². The van der Waals surface area contributed by atoms with E-state index in [1.54, 1.807) is 36.4 Å². The molecule has 2 rings (SSSR count). The summed E-state index contributed by atoms with van der Waals surface area (Å²) in [4.78, 5) is 35.1. The van der Waals surface area contributed by atoms with Crippen LogP contribution < -0.4 is 5.32 Å². The van der Waals surface area contributed by atoms with Gasteiger partial charge in [0.05, 0.1) is 5.56 Å². The number of hydrogen-bond acceptors (Lipinski definition) is 4. The second kappa shape index (κ2) is 8.24. The molecule has 1 N–H and O–H groups in total. The number of ether oxygens (including phenoxy) is 1. The number of esters is 1. The molecule has 0 aliphatic carbocycles. The van der Waals surface area contributed by atoms with Gasteiger partial charge < -0.3 is 10.1 Å². The molecule has 2 aromatic rings. The molecule has 0 aromatic heterocycles. The fourth-order valence-corrected chi connectivity index (χ4v) is 2.24. The zero-order valence-corrected chi connectivity index (χ0v) is 14.5. The van der Waals surface area contributed by atoms with Crippen molar-refractivity contribution in [2.75, 3.05) is 11.9 Å². The van der Waals surface area contributed by atoms with Crippen molar-refractivity contribution in [3.63, 3.8) is 0 Å². The van der Waals surface area contributed by atoms with Crippen LogP contribution >= 0.6 is 0 Å². The van der Waals surface area contributed by atoms with Crippen LogP contribution in [-0.4, -0.2) is 24.3 Å². The molecule has 0 aliphatic heterocycles. The van der Waals surface area contributed by atoms with Crippen LogP contribution in [-0.2, 0) is 9.53 Å². The molecule has 130 valence electrons. The Bertz CT molecular complexity index is 761. The number of carbonyl (C=O) groups is 3. The van der Waals surface area contributed by atoms with E-state index in [2.05, 4.69) is 19.2 Å². The molecule has 0 radical (unpaired) electrons. The van der Waals surface area contributed by atoms with Crippen molar-refractivity contribution in [1.29, 1.82) is 0 Å². The van der Waals surface area contributed by atoms with Gasteiger partial charge in [0.25, 0.3) is 0 Å². The lowest BCUT2D eigenvalue weighted by molar-refractivity contribution is -0.114. The maximum absolute atomic E-state index is 12.1. The molecule has 0 saturated heterocycles. The first-order valence-electron chi connectivity index (χ1n) is 8.04. The van der Waals surface area contributed by atoms with Crippen LogP contribution in [0.15, 0.2) is 48.5 Å². The Morgan fingerprint density at radius 2 is 1.48 bits per heavy atom.